The van der Waals surface area contributed by atoms with Crippen LogP contribution in [0.4, 0.5) is 4.39 Å². The lowest BCUT2D eigenvalue weighted by atomic mass is 9.94. The van der Waals surface area contributed by atoms with Crippen molar-refractivity contribution in [1.29, 1.82) is 5.26 Å². The van der Waals surface area contributed by atoms with Crippen molar-refractivity contribution >= 4 is 16.7 Å². The zero-order valence-corrected chi connectivity index (χ0v) is 14.7. The van der Waals surface area contributed by atoms with E-state index in [-0.39, 0.29) is 6.61 Å². The molecule has 0 aliphatic carbocycles. The fourth-order valence-electron chi connectivity index (χ4n) is 3.33. The number of carbonyl (C=O) groups is 1. The number of alkyl halides is 1. The first-order chi connectivity index (χ1) is 12.6. The van der Waals surface area contributed by atoms with E-state index in [1.807, 2.05) is 6.92 Å². The summed E-state index contributed by atoms with van der Waals surface area (Å²) in [6, 6.07) is 6.88. The smallest absolute Gasteiger partial charge is 0.255 e. The van der Waals surface area contributed by atoms with E-state index in [1.165, 1.54) is 7.11 Å². The lowest BCUT2D eigenvalue weighted by Crippen LogP contribution is -2.35. The maximum absolute atomic E-state index is 14.0. The summed E-state index contributed by atoms with van der Waals surface area (Å²) in [7, 11) is 1.49. The Bertz CT molecular complexity index is 865. The van der Waals surface area contributed by atoms with E-state index in [0.717, 1.165) is 11.8 Å². The summed E-state index contributed by atoms with van der Waals surface area (Å²) in [6.07, 6.45) is 1.48. The fraction of sp³-hybridized carbons (Fsp3) is 0.421. The Morgan fingerprint density at radius 1 is 1.42 bits per heavy atom. The molecule has 7 heteroatoms. The lowest BCUT2D eigenvalue weighted by molar-refractivity contribution is -0.124. The summed E-state index contributed by atoms with van der Waals surface area (Å²) in [5.74, 6) is -0.192. The predicted octanol–water partition coefficient (Wildman–Crippen LogP) is 2.75. The average Bonchev–Trinajstić information content (AvgIpc) is 2.93. The molecule has 1 fully saturated rings. The van der Waals surface area contributed by atoms with Crippen LogP contribution >= 0.6 is 0 Å². The quantitative estimate of drug-likeness (QED) is 0.859. The summed E-state index contributed by atoms with van der Waals surface area (Å²) in [4.78, 5) is 15.9. The Hall–Kier alpha value is -2.88. The van der Waals surface area contributed by atoms with E-state index >= 15 is 0 Å². The highest BCUT2D eigenvalue weighted by Gasteiger charge is 2.42. The number of methoxy groups -OCH3 is 1. The molecule has 2 heterocycles. The maximum atomic E-state index is 14.0. The molecule has 1 aliphatic heterocycles. The van der Waals surface area contributed by atoms with Crippen molar-refractivity contribution in [2.75, 3.05) is 13.7 Å². The molecule has 1 aromatic carbocycles. The molecule has 1 N–H and O–H groups in total. The third kappa shape index (κ3) is 3.27. The van der Waals surface area contributed by atoms with Crippen molar-refractivity contribution in [1.82, 2.24) is 10.3 Å². The minimum absolute atomic E-state index is 0.130. The van der Waals surface area contributed by atoms with Crippen LogP contribution in [0.1, 0.15) is 25.3 Å². The van der Waals surface area contributed by atoms with Crippen LogP contribution in [-0.4, -0.2) is 36.8 Å². The lowest BCUT2D eigenvalue weighted by Gasteiger charge is -2.19. The number of nitrogens with one attached hydrogen (secondary N) is 1. The van der Waals surface area contributed by atoms with Gasteiger partial charge in [-0.05, 0) is 30.0 Å². The number of rotatable bonds is 6. The Morgan fingerprint density at radius 2 is 2.23 bits per heavy atom. The molecule has 1 saturated heterocycles. The number of fused-ring (bicyclic) bond motifs is 1. The van der Waals surface area contributed by atoms with Crippen molar-refractivity contribution in [3.05, 3.63) is 30.0 Å². The van der Waals surface area contributed by atoms with Crippen molar-refractivity contribution in [3.8, 4) is 17.7 Å². The molecule has 3 atom stereocenters. The van der Waals surface area contributed by atoms with Crippen LogP contribution in [0.2, 0.25) is 0 Å². The van der Waals surface area contributed by atoms with E-state index < -0.39 is 24.0 Å². The molecule has 26 heavy (non-hydrogen) atoms. The Morgan fingerprint density at radius 3 is 2.92 bits per heavy atom. The number of nitriles is 1. The molecule has 6 nitrogen and oxygen atoms in total. The topological polar surface area (TPSA) is 84.2 Å². The third-order valence-corrected chi connectivity index (χ3v) is 4.66. The number of ether oxygens (including phenoxy) is 2. The average molecular weight is 357 g/mol. The highest BCUT2D eigenvalue weighted by atomic mass is 19.1. The van der Waals surface area contributed by atoms with Gasteiger partial charge in [0.05, 0.1) is 18.7 Å². The van der Waals surface area contributed by atoms with Crippen LogP contribution in [0.5, 0.6) is 11.6 Å². The molecule has 1 aliphatic rings. The van der Waals surface area contributed by atoms with Crippen molar-refractivity contribution < 1.29 is 18.7 Å². The molecule has 136 valence electrons. The second kappa shape index (κ2) is 7.56. The molecule has 0 unspecified atom stereocenters. The summed E-state index contributed by atoms with van der Waals surface area (Å²) < 4.78 is 25.1. The fourth-order valence-corrected chi connectivity index (χ4v) is 3.33. The number of hydrogen-bond acceptors (Lipinski definition) is 5. The Balaban J connectivity index is 1.85. The van der Waals surface area contributed by atoms with Crippen LogP contribution in [0.25, 0.3) is 10.8 Å². The number of halogens is 1. The molecule has 1 aromatic heterocycles. The minimum atomic E-state index is -1.50. The van der Waals surface area contributed by atoms with E-state index in [4.69, 9.17) is 9.47 Å². The van der Waals surface area contributed by atoms with E-state index in [0.29, 0.717) is 29.0 Å². The molecular weight excluding hydrogens is 337 g/mol. The number of carbonyl (C=O) groups excluding carboxylic acids is 1. The van der Waals surface area contributed by atoms with Gasteiger partial charge in [0.25, 0.3) is 5.91 Å². The zero-order chi connectivity index (χ0) is 18.7. The largest absolute Gasteiger partial charge is 0.495 e. The summed E-state index contributed by atoms with van der Waals surface area (Å²) in [5, 5.41) is 13.3. The summed E-state index contributed by atoms with van der Waals surface area (Å²) >= 11 is 0. The second-order valence-corrected chi connectivity index (χ2v) is 6.28. The van der Waals surface area contributed by atoms with Crippen LogP contribution in [0.15, 0.2) is 24.4 Å². The SMILES string of the molecule is CCC[C@@H]1[C@H](F)C(=O)N[C@@H]1COc1nccc2cc(C#N)c(OC)cc12. The number of hydrogen-bond donors (Lipinski definition) is 1. The predicted molar refractivity (Wildman–Crippen MR) is 93.7 cm³/mol. The molecule has 2 aromatic rings. The number of benzene rings is 1. The van der Waals surface area contributed by atoms with Gasteiger partial charge in [0.2, 0.25) is 5.88 Å². The standard InChI is InChI=1S/C19H20FN3O3/c1-3-4-13-15(23-18(24)17(13)20)10-26-19-14-8-16(25-2)12(9-21)7-11(14)5-6-22-19/h5-8,13,15,17H,3-4,10H2,1-2H3,(H,23,24)/t13-,15+,17-/m0/s1. The maximum Gasteiger partial charge on any atom is 0.255 e. The molecule has 0 spiro atoms. The van der Waals surface area contributed by atoms with Crippen LogP contribution in [0.3, 0.4) is 0 Å². The van der Waals surface area contributed by atoms with E-state index in [2.05, 4.69) is 16.4 Å². The molecule has 3 rings (SSSR count). The first kappa shape index (κ1) is 17.9. The first-order valence-corrected chi connectivity index (χ1v) is 8.53. The Kier molecular flexibility index (Phi) is 5.21. The Labute approximate surface area is 150 Å². The number of amides is 1. The van der Waals surface area contributed by atoms with Gasteiger partial charge < -0.3 is 14.8 Å². The van der Waals surface area contributed by atoms with E-state index in [9.17, 15) is 14.4 Å². The van der Waals surface area contributed by atoms with E-state index in [1.54, 1.807) is 24.4 Å². The number of nitrogens with zero attached hydrogens (tertiary/aromatic N) is 2. The van der Waals surface area contributed by atoms with Gasteiger partial charge in [-0.3, -0.25) is 4.79 Å². The van der Waals surface area contributed by atoms with Crippen molar-refractivity contribution in [2.45, 2.75) is 32.0 Å². The van der Waals surface area contributed by atoms with Gasteiger partial charge in [-0.2, -0.15) is 5.26 Å². The monoisotopic (exact) mass is 357 g/mol. The van der Waals surface area contributed by atoms with Gasteiger partial charge in [-0.1, -0.05) is 13.3 Å². The highest BCUT2D eigenvalue weighted by Crippen LogP contribution is 2.31. The molecular formula is C19H20FN3O3. The molecule has 0 saturated carbocycles. The highest BCUT2D eigenvalue weighted by molar-refractivity contribution is 5.89. The van der Waals surface area contributed by atoms with Gasteiger partial charge in [-0.25, -0.2) is 9.37 Å². The number of pyridine rings is 1. The summed E-state index contributed by atoms with van der Waals surface area (Å²) in [5.41, 5.74) is 0.420. The third-order valence-electron chi connectivity index (χ3n) is 4.66. The van der Waals surface area contributed by atoms with Gasteiger partial charge in [0.15, 0.2) is 6.17 Å². The normalized spacial score (nSPS) is 22.1. The van der Waals surface area contributed by atoms with Crippen molar-refractivity contribution in [3.63, 3.8) is 0 Å². The first-order valence-electron chi connectivity index (χ1n) is 8.53. The number of aromatic nitrogens is 1. The molecule has 0 radical (unpaired) electrons. The van der Waals surface area contributed by atoms with Gasteiger partial charge in [-0.15, -0.1) is 0 Å². The van der Waals surface area contributed by atoms with Crippen LogP contribution < -0.4 is 14.8 Å². The second-order valence-electron chi connectivity index (χ2n) is 6.28. The van der Waals surface area contributed by atoms with Gasteiger partial charge >= 0.3 is 0 Å². The summed E-state index contributed by atoms with van der Waals surface area (Å²) in [6.45, 7) is 2.09. The zero-order valence-electron chi connectivity index (χ0n) is 14.7. The minimum Gasteiger partial charge on any atom is -0.495 e. The molecule has 1 amide bonds. The van der Waals surface area contributed by atoms with Crippen LogP contribution in [0, 0.1) is 17.2 Å². The molecule has 0 bridgehead atoms. The van der Waals surface area contributed by atoms with Gasteiger partial charge in [0, 0.05) is 17.5 Å². The van der Waals surface area contributed by atoms with Gasteiger partial charge in [0.1, 0.15) is 18.4 Å². The van der Waals surface area contributed by atoms with Crippen molar-refractivity contribution in [2.24, 2.45) is 5.92 Å². The van der Waals surface area contributed by atoms with Crippen LogP contribution in [-0.2, 0) is 4.79 Å².